The first-order valence-electron chi connectivity index (χ1n) is 13.2. The summed E-state index contributed by atoms with van der Waals surface area (Å²) in [7, 11) is 4.18. The fourth-order valence-electron chi connectivity index (χ4n) is 5.36. The number of hydrogen-bond acceptors (Lipinski definition) is 4. The number of rotatable bonds is 9. The Morgan fingerprint density at radius 2 is 1.58 bits per heavy atom. The molecular weight excluding hydrogens is 468 g/mol. The minimum atomic E-state index is 0.409. The predicted octanol–water partition coefficient (Wildman–Crippen LogP) is 7.24. The van der Waals surface area contributed by atoms with Crippen LogP contribution in [0.3, 0.4) is 0 Å². The second-order valence-corrected chi connectivity index (χ2v) is 10.2. The maximum absolute atomic E-state index is 9.27. The highest BCUT2D eigenvalue weighted by molar-refractivity contribution is 5.68. The van der Waals surface area contributed by atoms with Crippen molar-refractivity contribution < 1.29 is 9.47 Å². The zero-order valence-corrected chi connectivity index (χ0v) is 22.5. The number of benzene rings is 4. The van der Waals surface area contributed by atoms with E-state index >= 15 is 0 Å². The minimum absolute atomic E-state index is 0.409. The molecule has 4 nitrogen and oxygen atoms in total. The van der Waals surface area contributed by atoms with Crippen LogP contribution in [0.1, 0.15) is 45.4 Å². The summed E-state index contributed by atoms with van der Waals surface area (Å²) in [5.74, 6) is 1.79. The number of fused-ring (bicyclic) bond motifs is 1. The predicted molar refractivity (Wildman–Crippen MR) is 152 cm³/mol. The van der Waals surface area contributed by atoms with Crippen LogP contribution >= 0.6 is 0 Å². The molecule has 1 aliphatic rings. The van der Waals surface area contributed by atoms with Crippen molar-refractivity contribution in [2.24, 2.45) is 0 Å². The van der Waals surface area contributed by atoms with Crippen molar-refractivity contribution in [3.63, 3.8) is 0 Å². The van der Waals surface area contributed by atoms with Crippen LogP contribution < -0.4 is 9.47 Å². The Labute approximate surface area is 226 Å². The van der Waals surface area contributed by atoms with Gasteiger partial charge in [0, 0.05) is 18.2 Å². The number of ether oxygens (including phenoxy) is 2. The van der Waals surface area contributed by atoms with Gasteiger partial charge in [-0.25, -0.2) is 0 Å². The van der Waals surface area contributed by atoms with Gasteiger partial charge < -0.3 is 14.4 Å². The zero-order valence-electron chi connectivity index (χ0n) is 22.5. The lowest BCUT2D eigenvalue weighted by atomic mass is 9.97. The normalized spacial score (nSPS) is 12.3. The summed E-state index contributed by atoms with van der Waals surface area (Å²) in [5, 5.41) is 9.27. The highest BCUT2D eigenvalue weighted by Crippen LogP contribution is 2.40. The second kappa shape index (κ2) is 11.5. The van der Waals surface area contributed by atoms with E-state index in [1.54, 1.807) is 0 Å². The lowest BCUT2D eigenvalue weighted by Crippen LogP contribution is -2.14. The van der Waals surface area contributed by atoms with Crippen LogP contribution in [-0.2, 0) is 32.6 Å². The zero-order chi connectivity index (χ0) is 26.5. The average molecular weight is 503 g/mol. The van der Waals surface area contributed by atoms with Crippen LogP contribution in [0.5, 0.6) is 11.5 Å². The van der Waals surface area contributed by atoms with Gasteiger partial charge in [0.05, 0.1) is 11.6 Å². The minimum Gasteiger partial charge on any atom is -0.488 e. The second-order valence-electron chi connectivity index (χ2n) is 10.2. The van der Waals surface area contributed by atoms with Crippen molar-refractivity contribution in [3.8, 4) is 28.7 Å². The lowest BCUT2D eigenvalue weighted by molar-refractivity contribution is 0.281. The molecule has 0 aliphatic heterocycles. The largest absolute Gasteiger partial charge is 0.488 e. The van der Waals surface area contributed by atoms with Crippen molar-refractivity contribution in [3.05, 3.63) is 118 Å². The van der Waals surface area contributed by atoms with Gasteiger partial charge in [0.2, 0.25) is 0 Å². The Bertz CT molecular complexity index is 1470. The molecule has 0 saturated carbocycles. The van der Waals surface area contributed by atoms with E-state index in [1.165, 1.54) is 38.9 Å². The number of nitriles is 1. The molecule has 4 aromatic carbocycles. The average Bonchev–Trinajstić information content (AvgIpc) is 3.43. The van der Waals surface area contributed by atoms with Crippen LogP contribution in [0.15, 0.2) is 78.9 Å². The van der Waals surface area contributed by atoms with Crippen LogP contribution in [0, 0.1) is 18.3 Å². The number of nitrogens with zero attached hydrogens (tertiary/aromatic N) is 2. The Morgan fingerprint density at radius 3 is 2.37 bits per heavy atom. The van der Waals surface area contributed by atoms with E-state index in [2.05, 4.69) is 80.5 Å². The molecule has 4 aromatic rings. The molecule has 0 radical (unpaired) electrons. The maximum Gasteiger partial charge on any atom is 0.128 e. The molecule has 0 N–H and O–H groups in total. The summed E-state index contributed by atoms with van der Waals surface area (Å²) in [6.07, 6.45) is 3.19. The Hall–Kier alpha value is -4.07. The third kappa shape index (κ3) is 5.59. The van der Waals surface area contributed by atoms with Crippen molar-refractivity contribution >= 4 is 0 Å². The summed E-state index contributed by atoms with van der Waals surface area (Å²) in [6, 6.07) is 28.9. The fraction of sp³-hybridized carbons (Fsp3) is 0.265. The van der Waals surface area contributed by atoms with E-state index in [0.29, 0.717) is 18.8 Å². The summed E-state index contributed by atoms with van der Waals surface area (Å²) < 4.78 is 13.0. The molecule has 38 heavy (non-hydrogen) atoms. The molecule has 0 saturated heterocycles. The summed E-state index contributed by atoms with van der Waals surface area (Å²) >= 11 is 0. The monoisotopic (exact) mass is 502 g/mol. The first-order valence-corrected chi connectivity index (χ1v) is 13.2. The van der Waals surface area contributed by atoms with Crippen LogP contribution in [0.25, 0.3) is 11.1 Å². The van der Waals surface area contributed by atoms with E-state index < -0.39 is 0 Å². The van der Waals surface area contributed by atoms with Gasteiger partial charge in [0.1, 0.15) is 24.7 Å². The summed E-state index contributed by atoms with van der Waals surface area (Å²) in [4.78, 5) is 2.19. The molecule has 5 rings (SSSR count). The van der Waals surface area contributed by atoms with Crippen molar-refractivity contribution in [1.82, 2.24) is 4.90 Å². The Morgan fingerprint density at radius 1 is 0.816 bits per heavy atom. The molecule has 0 bridgehead atoms. The Balaban J connectivity index is 1.44. The third-order valence-electron chi connectivity index (χ3n) is 7.28. The third-order valence-corrected chi connectivity index (χ3v) is 7.28. The fourth-order valence-corrected chi connectivity index (χ4v) is 5.36. The molecule has 0 heterocycles. The summed E-state index contributed by atoms with van der Waals surface area (Å²) in [5.41, 5.74) is 10.4. The molecule has 0 spiro atoms. The van der Waals surface area contributed by atoms with Gasteiger partial charge >= 0.3 is 0 Å². The first-order chi connectivity index (χ1) is 18.5. The maximum atomic E-state index is 9.27. The standard InChI is InChI=1S/C34H34N2O2/c1-24-28(14-8-15-29(24)27-12-5-4-6-13-27)23-38-33-19-34(37-22-26-11-7-10-25(18-26)20-35)32(21-36(2)3)30-16-9-17-31(30)33/h4-8,10-15,18-19H,9,16-17,21-23H2,1-3H3. The van der Waals surface area contributed by atoms with Gasteiger partial charge in [0.25, 0.3) is 0 Å². The van der Waals surface area contributed by atoms with Crippen molar-refractivity contribution in [1.29, 1.82) is 5.26 Å². The SMILES string of the molecule is Cc1c(COc2cc(OCc3cccc(C#N)c3)c(CN(C)C)c3c2CCC3)cccc1-c1ccccc1. The van der Waals surface area contributed by atoms with E-state index in [9.17, 15) is 5.26 Å². The van der Waals surface area contributed by atoms with Crippen molar-refractivity contribution in [2.75, 3.05) is 14.1 Å². The van der Waals surface area contributed by atoms with Gasteiger partial charge in [0.15, 0.2) is 0 Å². The molecule has 0 fully saturated rings. The van der Waals surface area contributed by atoms with Gasteiger partial charge in [-0.15, -0.1) is 0 Å². The number of hydrogen-bond donors (Lipinski definition) is 0. The topological polar surface area (TPSA) is 45.5 Å². The molecule has 0 unspecified atom stereocenters. The molecule has 192 valence electrons. The summed E-state index contributed by atoms with van der Waals surface area (Å²) in [6.45, 7) is 3.91. The highest BCUT2D eigenvalue weighted by atomic mass is 16.5. The quantitative estimate of drug-likeness (QED) is 0.242. The first kappa shape index (κ1) is 25.6. The van der Waals surface area contributed by atoms with Gasteiger partial charge in [-0.05, 0) is 91.4 Å². The lowest BCUT2D eigenvalue weighted by Gasteiger charge is -2.22. The van der Waals surface area contributed by atoms with Gasteiger partial charge in [-0.1, -0.05) is 60.7 Å². The molecular formula is C34H34N2O2. The Kier molecular flexibility index (Phi) is 7.77. The molecule has 0 amide bonds. The van der Waals surface area contributed by atoms with Crippen LogP contribution in [0.4, 0.5) is 0 Å². The molecule has 1 aliphatic carbocycles. The molecule has 4 heteroatoms. The van der Waals surface area contributed by atoms with E-state index in [1.807, 2.05) is 30.3 Å². The van der Waals surface area contributed by atoms with E-state index in [-0.39, 0.29) is 0 Å². The molecule has 0 aromatic heterocycles. The smallest absolute Gasteiger partial charge is 0.128 e. The van der Waals surface area contributed by atoms with Gasteiger partial charge in [-0.3, -0.25) is 0 Å². The van der Waals surface area contributed by atoms with Crippen molar-refractivity contribution in [2.45, 2.75) is 45.9 Å². The van der Waals surface area contributed by atoms with Gasteiger partial charge in [-0.2, -0.15) is 5.26 Å². The highest BCUT2D eigenvalue weighted by Gasteiger charge is 2.24. The van der Waals surface area contributed by atoms with Crippen LogP contribution in [0.2, 0.25) is 0 Å². The van der Waals surface area contributed by atoms with Crippen LogP contribution in [-0.4, -0.2) is 19.0 Å². The van der Waals surface area contributed by atoms with E-state index in [0.717, 1.165) is 42.9 Å². The molecule has 0 atom stereocenters. The van der Waals surface area contributed by atoms with E-state index in [4.69, 9.17) is 9.47 Å².